The van der Waals surface area contributed by atoms with Gasteiger partial charge in [-0.25, -0.2) is 9.50 Å². The van der Waals surface area contributed by atoms with Crippen molar-refractivity contribution in [1.29, 1.82) is 0 Å². The summed E-state index contributed by atoms with van der Waals surface area (Å²) < 4.78 is 1.72. The van der Waals surface area contributed by atoms with Crippen LogP contribution in [0.5, 0.6) is 0 Å². The monoisotopic (exact) mass is 370 g/mol. The zero-order valence-electron chi connectivity index (χ0n) is 16.4. The molecule has 1 amide bonds. The van der Waals surface area contributed by atoms with Gasteiger partial charge in [0, 0.05) is 23.5 Å². The van der Waals surface area contributed by atoms with Gasteiger partial charge in [-0.15, -0.1) is 0 Å². The van der Waals surface area contributed by atoms with Crippen LogP contribution >= 0.6 is 0 Å². The van der Waals surface area contributed by atoms with Gasteiger partial charge in [0.2, 0.25) is 0 Å². The summed E-state index contributed by atoms with van der Waals surface area (Å²) in [5, 5.41) is 7.53. The largest absolute Gasteiger partial charge is 0.320 e. The second kappa shape index (κ2) is 6.93. The smallest absolute Gasteiger partial charge is 0.276 e. The molecule has 2 heterocycles. The summed E-state index contributed by atoms with van der Waals surface area (Å²) in [4.78, 5) is 17.2. The van der Waals surface area contributed by atoms with E-state index in [1.54, 1.807) is 16.8 Å². The van der Waals surface area contributed by atoms with E-state index >= 15 is 0 Å². The van der Waals surface area contributed by atoms with E-state index in [4.69, 9.17) is 0 Å². The lowest BCUT2D eigenvalue weighted by atomic mass is 10.1. The molecule has 2 aromatic heterocycles. The number of aryl methyl sites for hydroxylation is 4. The van der Waals surface area contributed by atoms with Gasteiger partial charge in [0.05, 0.1) is 5.69 Å². The number of benzene rings is 2. The molecule has 0 aliphatic heterocycles. The minimum atomic E-state index is -0.240. The number of fused-ring (bicyclic) bond motifs is 1. The first kappa shape index (κ1) is 17.9. The third-order valence-electron chi connectivity index (χ3n) is 4.85. The highest BCUT2D eigenvalue weighted by atomic mass is 16.1. The standard InChI is InChI=1S/C23H22N4O/c1-14-5-7-18(8-6-14)20-9-10-24-21-13-19(26-27(20)21)23(28)25-22-16(3)11-15(2)12-17(22)4/h5-13H,1-4H3,(H,25,28). The summed E-state index contributed by atoms with van der Waals surface area (Å²) in [5.41, 5.74) is 8.17. The molecule has 0 radical (unpaired) electrons. The van der Waals surface area contributed by atoms with Gasteiger partial charge >= 0.3 is 0 Å². The van der Waals surface area contributed by atoms with Crippen molar-refractivity contribution < 1.29 is 4.79 Å². The van der Waals surface area contributed by atoms with Gasteiger partial charge in [0.25, 0.3) is 5.91 Å². The fourth-order valence-corrected chi connectivity index (χ4v) is 3.50. The molecule has 0 aliphatic carbocycles. The average Bonchev–Trinajstić information content (AvgIpc) is 3.09. The van der Waals surface area contributed by atoms with Gasteiger partial charge in [-0.05, 0) is 44.9 Å². The third-order valence-corrected chi connectivity index (χ3v) is 4.85. The summed E-state index contributed by atoms with van der Waals surface area (Å²) in [6.07, 6.45) is 1.74. The van der Waals surface area contributed by atoms with Crippen LogP contribution in [0.4, 0.5) is 5.69 Å². The average molecular weight is 370 g/mol. The molecule has 1 N–H and O–H groups in total. The molecule has 2 aromatic carbocycles. The fourth-order valence-electron chi connectivity index (χ4n) is 3.50. The zero-order valence-corrected chi connectivity index (χ0v) is 16.4. The number of amides is 1. The Balaban J connectivity index is 1.71. The number of carbonyl (C=O) groups excluding carboxylic acids is 1. The molecule has 0 atom stereocenters. The van der Waals surface area contributed by atoms with Gasteiger partial charge in [0.1, 0.15) is 0 Å². The summed E-state index contributed by atoms with van der Waals surface area (Å²) in [6, 6.07) is 15.9. The van der Waals surface area contributed by atoms with E-state index < -0.39 is 0 Å². The number of rotatable bonds is 3. The number of nitrogens with one attached hydrogen (secondary N) is 1. The Morgan fingerprint density at radius 1 is 0.893 bits per heavy atom. The Kier molecular flexibility index (Phi) is 4.43. The van der Waals surface area contributed by atoms with Gasteiger partial charge in [-0.1, -0.05) is 47.5 Å². The first-order valence-electron chi connectivity index (χ1n) is 9.23. The Bertz CT molecular complexity index is 1170. The molecule has 140 valence electrons. The highest BCUT2D eigenvalue weighted by molar-refractivity contribution is 6.04. The molecule has 0 saturated carbocycles. The SMILES string of the molecule is Cc1ccc(-c2ccnc3cc(C(=O)Nc4c(C)cc(C)cc4C)nn23)cc1. The van der Waals surface area contributed by atoms with Gasteiger partial charge in [-0.3, -0.25) is 4.79 Å². The minimum Gasteiger partial charge on any atom is -0.320 e. The summed E-state index contributed by atoms with van der Waals surface area (Å²) in [7, 11) is 0. The molecule has 0 unspecified atom stereocenters. The lowest BCUT2D eigenvalue weighted by molar-refractivity contribution is 0.102. The molecule has 0 bridgehead atoms. The van der Waals surface area contributed by atoms with Crippen LogP contribution in [0.25, 0.3) is 16.9 Å². The number of anilines is 1. The Morgan fingerprint density at radius 3 is 2.25 bits per heavy atom. The fraction of sp³-hybridized carbons (Fsp3) is 0.174. The summed E-state index contributed by atoms with van der Waals surface area (Å²) >= 11 is 0. The molecule has 0 aliphatic rings. The van der Waals surface area contributed by atoms with Crippen molar-refractivity contribution in [2.75, 3.05) is 5.32 Å². The van der Waals surface area contributed by atoms with E-state index in [0.717, 1.165) is 28.1 Å². The number of aromatic nitrogens is 3. The Labute approximate surface area is 164 Å². The van der Waals surface area contributed by atoms with Crippen LogP contribution in [0.3, 0.4) is 0 Å². The van der Waals surface area contributed by atoms with Crippen molar-refractivity contribution in [3.63, 3.8) is 0 Å². The van der Waals surface area contributed by atoms with Crippen LogP contribution in [-0.4, -0.2) is 20.5 Å². The van der Waals surface area contributed by atoms with Gasteiger partial charge in [0.15, 0.2) is 11.3 Å². The maximum absolute atomic E-state index is 12.9. The lowest BCUT2D eigenvalue weighted by Crippen LogP contribution is -2.14. The van der Waals surface area contributed by atoms with Crippen LogP contribution in [0.2, 0.25) is 0 Å². The number of nitrogens with zero attached hydrogens (tertiary/aromatic N) is 3. The zero-order chi connectivity index (χ0) is 19.8. The second-order valence-corrected chi connectivity index (χ2v) is 7.22. The normalized spacial score (nSPS) is 11.0. The maximum atomic E-state index is 12.9. The predicted molar refractivity (Wildman–Crippen MR) is 112 cm³/mol. The van der Waals surface area contributed by atoms with Crippen molar-refractivity contribution in [1.82, 2.24) is 14.6 Å². The molecule has 0 spiro atoms. The molecule has 5 nitrogen and oxygen atoms in total. The first-order chi connectivity index (χ1) is 13.4. The van der Waals surface area contributed by atoms with Crippen molar-refractivity contribution >= 4 is 17.2 Å². The van der Waals surface area contributed by atoms with Crippen molar-refractivity contribution in [3.8, 4) is 11.3 Å². The first-order valence-corrected chi connectivity index (χ1v) is 9.23. The topological polar surface area (TPSA) is 59.3 Å². The van der Waals surface area contributed by atoms with E-state index in [2.05, 4.69) is 46.6 Å². The number of hydrogen-bond donors (Lipinski definition) is 1. The van der Waals surface area contributed by atoms with E-state index in [1.165, 1.54) is 11.1 Å². The van der Waals surface area contributed by atoms with Crippen molar-refractivity contribution in [3.05, 3.63) is 82.7 Å². The highest BCUT2D eigenvalue weighted by Gasteiger charge is 2.16. The van der Waals surface area contributed by atoms with Gasteiger partial charge in [-0.2, -0.15) is 5.10 Å². The van der Waals surface area contributed by atoms with Crippen molar-refractivity contribution in [2.45, 2.75) is 27.7 Å². The van der Waals surface area contributed by atoms with E-state index in [-0.39, 0.29) is 5.91 Å². The van der Waals surface area contributed by atoms with Crippen LogP contribution in [-0.2, 0) is 0 Å². The molecule has 4 aromatic rings. The summed E-state index contributed by atoms with van der Waals surface area (Å²) in [6.45, 7) is 8.09. The molecular formula is C23H22N4O. The Hall–Kier alpha value is -3.47. The van der Waals surface area contributed by atoms with E-state index in [9.17, 15) is 4.79 Å². The van der Waals surface area contributed by atoms with Crippen LogP contribution < -0.4 is 5.32 Å². The Morgan fingerprint density at radius 2 is 1.57 bits per heavy atom. The van der Waals surface area contributed by atoms with Crippen LogP contribution in [0.15, 0.2) is 54.7 Å². The molecule has 4 rings (SSSR count). The molecule has 0 saturated heterocycles. The van der Waals surface area contributed by atoms with Crippen LogP contribution in [0.1, 0.15) is 32.7 Å². The molecular weight excluding hydrogens is 348 g/mol. The van der Waals surface area contributed by atoms with E-state index in [1.807, 2.05) is 39.0 Å². The number of hydrogen-bond acceptors (Lipinski definition) is 3. The van der Waals surface area contributed by atoms with Crippen LogP contribution in [0, 0.1) is 27.7 Å². The quantitative estimate of drug-likeness (QED) is 0.559. The third kappa shape index (κ3) is 3.27. The molecule has 28 heavy (non-hydrogen) atoms. The van der Waals surface area contributed by atoms with Gasteiger partial charge < -0.3 is 5.32 Å². The number of carbonyl (C=O) groups is 1. The summed E-state index contributed by atoms with van der Waals surface area (Å²) in [5.74, 6) is -0.240. The van der Waals surface area contributed by atoms with E-state index in [0.29, 0.717) is 11.3 Å². The lowest BCUT2D eigenvalue weighted by Gasteiger charge is -2.11. The predicted octanol–water partition coefficient (Wildman–Crippen LogP) is 4.88. The van der Waals surface area contributed by atoms with Crippen molar-refractivity contribution in [2.24, 2.45) is 0 Å². The highest BCUT2D eigenvalue weighted by Crippen LogP contribution is 2.24. The minimum absolute atomic E-state index is 0.240. The molecule has 5 heteroatoms. The maximum Gasteiger partial charge on any atom is 0.276 e. The second-order valence-electron chi connectivity index (χ2n) is 7.22. The molecule has 0 fully saturated rings.